The van der Waals surface area contributed by atoms with Gasteiger partial charge in [-0.05, 0) is 42.2 Å². The minimum Gasteiger partial charge on any atom is -0.306 e. The lowest BCUT2D eigenvalue weighted by Gasteiger charge is -2.20. The van der Waals surface area contributed by atoms with Crippen molar-refractivity contribution in [1.82, 2.24) is 5.32 Å². The van der Waals surface area contributed by atoms with Crippen molar-refractivity contribution in [2.24, 2.45) is 0 Å². The zero-order chi connectivity index (χ0) is 15.1. The zero-order valence-corrected chi connectivity index (χ0v) is 12.9. The van der Waals surface area contributed by atoms with E-state index in [0.717, 1.165) is 13.0 Å². The number of hydrogen-bond donors (Lipinski definition) is 1. The van der Waals surface area contributed by atoms with Crippen molar-refractivity contribution in [3.8, 4) is 0 Å². The van der Waals surface area contributed by atoms with Gasteiger partial charge in [-0.1, -0.05) is 56.2 Å². The van der Waals surface area contributed by atoms with E-state index in [-0.39, 0.29) is 11.9 Å². The molecule has 1 nitrogen and oxygen atoms in total. The molecule has 0 amide bonds. The number of hydrogen-bond acceptors (Lipinski definition) is 1. The van der Waals surface area contributed by atoms with Crippen LogP contribution in [0.4, 0.5) is 4.39 Å². The molecule has 1 unspecified atom stereocenters. The highest BCUT2D eigenvalue weighted by Crippen LogP contribution is 2.21. The maximum Gasteiger partial charge on any atom is 0.123 e. The van der Waals surface area contributed by atoms with E-state index in [1.807, 2.05) is 12.1 Å². The molecule has 0 spiro atoms. The summed E-state index contributed by atoms with van der Waals surface area (Å²) in [6.45, 7) is 5.18. The Bertz CT molecular complexity index is 548. The predicted molar refractivity (Wildman–Crippen MR) is 86.7 cm³/mol. The van der Waals surface area contributed by atoms with E-state index >= 15 is 0 Å². The lowest BCUT2D eigenvalue weighted by molar-refractivity contribution is 0.479. The van der Waals surface area contributed by atoms with Crippen LogP contribution in [0.3, 0.4) is 0 Å². The molecule has 2 aromatic carbocycles. The molecule has 0 radical (unpaired) electrons. The van der Waals surface area contributed by atoms with Crippen LogP contribution in [0.15, 0.2) is 48.5 Å². The number of halogens is 1. The van der Waals surface area contributed by atoms with E-state index in [4.69, 9.17) is 0 Å². The molecule has 0 saturated carbocycles. The third-order valence-corrected chi connectivity index (χ3v) is 3.92. The van der Waals surface area contributed by atoms with Gasteiger partial charge in [0, 0.05) is 12.6 Å². The summed E-state index contributed by atoms with van der Waals surface area (Å²) in [6.07, 6.45) is 3.42. The normalized spacial score (nSPS) is 12.3. The molecule has 21 heavy (non-hydrogen) atoms. The Morgan fingerprint density at radius 2 is 1.76 bits per heavy atom. The van der Waals surface area contributed by atoms with Crippen molar-refractivity contribution in [3.63, 3.8) is 0 Å². The Labute approximate surface area is 127 Å². The first kappa shape index (κ1) is 15.7. The molecule has 0 heterocycles. The van der Waals surface area contributed by atoms with Crippen LogP contribution < -0.4 is 5.32 Å². The smallest absolute Gasteiger partial charge is 0.123 e. The molecular formula is C19H24FN. The quantitative estimate of drug-likeness (QED) is 0.741. The van der Waals surface area contributed by atoms with Crippen LogP contribution in [0.2, 0.25) is 0 Å². The topological polar surface area (TPSA) is 12.0 Å². The summed E-state index contributed by atoms with van der Waals surface area (Å²) in [7, 11) is 0. The zero-order valence-electron chi connectivity index (χ0n) is 12.9. The summed E-state index contributed by atoms with van der Waals surface area (Å²) in [5.41, 5.74) is 3.79. The maximum atomic E-state index is 13.1. The molecule has 2 heteroatoms. The molecule has 1 N–H and O–H groups in total. The highest BCUT2D eigenvalue weighted by atomic mass is 19.1. The summed E-state index contributed by atoms with van der Waals surface area (Å²) in [5.74, 6) is -0.174. The van der Waals surface area contributed by atoms with Crippen molar-refractivity contribution in [2.75, 3.05) is 0 Å². The molecule has 1 atom stereocenters. The average molecular weight is 285 g/mol. The van der Waals surface area contributed by atoms with E-state index in [2.05, 4.69) is 43.4 Å². The second-order valence-corrected chi connectivity index (χ2v) is 5.55. The number of nitrogens with one attached hydrogen (secondary N) is 1. The largest absolute Gasteiger partial charge is 0.306 e. The number of unbranched alkanes of at least 4 members (excludes halogenated alkanes) is 1. The van der Waals surface area contributed by atoms with Crippen LogP contribution in [-0.2, 0) is 6.54 Å². The molecule has 0 aliphatic carbocycles. The lowest BCUT2D eigenvalue weighted by Crippen LogP contribution is -2.21. The van der Waals surface area contributed by atoms with E-state index in [1.165, 1.54) is 29.5 Å². The average Bonchev–Trinajstić information content (AvgIpc) is 2.50. The molecule has 0 saturated heterocycles. The Morgan fingerprint density at radius 1 is 1.05 bits per heavy atom. The minimum absolute atomic E-state index is 0.174. The van der Waals surface area contributed by atoms with Crippen molar-refractivity contribution in [3.05, 3.63) is 71.0 Å². The summed E-state index contributed by atoms with van der Waals surface area (Å²) >= 11 is 0. The number of benzene rings is 2. The monoisotopic (exact) mass is 285 g/mol. The number of rotatable bonds is 7. The summed E-state index contributed by atoms with van der Waals surface area (Å²) in [4.78, 5) is 0. The second kappa shape index (κ2) is 7.94. The molecule has 0 aromatic heterocycles. The van der Waals surface area contributed by atoms with Crippen molar-refractivity contribution < 1.29 is 4.39 Å². The van der Waals surface area contributed by atoms with Crippen LogP contribution in [-0.4, -0.2) is 0 Å². The van der Waals surface area contributed by atoms with E-state index in [1.54, 1.807) is 12.1 Å². The minimum atomic E-state index is -0.174. The fraction of sp³-hybridized carbons (Fsp3) is 0.368. The Hall–Kier alpha value is -1.67. The van der Waals surface area contributed by atoms with Gasteiger partial charge in [-0.3, -0.25) is 0 Å². The van der Waals surface area contributed by atoms with Gasteiger partial charge in [-0.25, -0.2) is 4.39 Å². The van der Waals surface area contributed by atoms with Gasteiger partial charge in [0.25, 0.3) is 0 Å². The summed E-state index contributed by atoms with van der Waals surface area (Å²) < 4.78 is 13.1. The van der Waals surface area contributed by atoms with Gasteiger partial charge in [-0.2, -0.15) is 0 Å². The van der Waals surface area contributed by atoms with Crippen LogP contribution in [0.25, 0.3) is 0 Å². The van der Waals surface area contributed by atoms with Gasteiger partial charge in [0.15, 0.2) is 0 Å². The maximum absolute atomic E-state index is 13.1. The highest BCUT2D eigenvalue weighted by molar-refractivity contribution is 5.26. The standard InChI is InChI=1S/C19H24FN/c1-3-4-9-19(16-10-12-18(20)13-11-16)21-14-17-8-6-5-7-15(17)2/h5-8,10-13,19,21H,3-4,9,14H2,1-2H3. The van der Waals surface area contributed by atoms with E-state index < -0.39 is 0 Å². The van der Waals surface area contributed by atoms with Gasteiger partial charge in [0.05, 0.1) is 0 Å². The first-order valence-electron chi connectivity index (χ1n) is 7.74. The van der Waals surface area contributed by atoms with Crippen LogP contribution in [0, 0.1) is 12.7 Å². The van der Waals surface area contributed by atoms with Crippen LogP contribution >= 0.6 is 0 Å². The predicted octanol–water partition coefficient (Wildman–Crippen LogP) is 5.16. The lowest BCUT2D eigenvalue weighted by atomic mass is 10.00. The van der Waals surface area contributed by atoms with Gasteiger partial charge >= 0.3 is 0 Å². The van der Waals surface area contributed by atoms with Gasteiger partial charge < -0.3 is 5.32 Å². The van der Waals surface area contributed by atoms with Gasteiger partial charge in [0.2, 0.25) is 0 Å². The molecule has 0 aliphatic rings. The molecular weight excluding hydrogens is 261 g/mol. The summed E-state index contributed by atoms with van der Waals surface area (Å²) in [6, 6.07) is 15.6. The third kappa shape index (κ3) is 4.68. The second-order valence-electron chi connectivity index (χ2n) is 5.55. The van der Waals surface area contributed by atoms with Gasteiger partial charge in [0.1, 0.15) is 5.82 Å². The molecule has 0 aliphatic heterocycles. The fourth-order valence-electron chi connectivity index (χ4n) is 2.53. The number of aryl methyl sites for hydroxylation is 1. The van der Waals surface area contributed by atoms with Crippen molar-refractivity contribution >= 4 is 0 Å². The molecule has 0 bridgehead atoms. The Kier molecular flexibility index (Phi) is 5.94. The summed E-state index contributed by atoms with van der Waals surface area (Å²) in [5, 5.41) is 3.62. The van der Waals surface area contributed by atoms with Crippen LogP contribution in [0.1, 0.15) is 48.9 Å². The highest BCUT2D eigenvalue weighted by Gasteiger charge is 2.11. The SMILES string of the molecule is CCCCC(NCc1ccccc1C)c1ccc(F)cc1. The van der Waals surface area contributed by atoms with Crippen LogP contribution in [0.5, 0.6) is 0 Å². The van der Waals surface area contributed by atoms with E-state index in [0.29, 0.717) is 0 Å². The molecule has 2 aromatic rings. The molecule has 0 fully saturated rings. The van der Waals surface area contributed by atoms with Crippen molar-refractivity contribution in [2.45, 2.75) is 45.7 Å². The van der Waals surface area contributed by atoms with E-state index in [9.17, 15) is 4.39 Å². The fourth-order valence-corrected chi connectivity index (χ4v) is 2.53. The third-order valence-electron chi connectivity index (χ3n) is 3.92. The van der Waals surface area contributed by atoms with Gasteiger partial charge in [-0.15, -0.1) is 0 Å². The Balaban J connectivity index is 2.06. The first-order chi connectivity index (χ1) is 10.2. The first-order valence-corrected chi connectivity index (χ1v) is 7.74. The Morgan fingerprint density at radius 3 is 2.43 bits per heavy atom. The molecule has 2 rings (SSSR count). The van der Waals surface area contributed by atoms with Crippen molar-refractivity contribution in [1.29, 1.82) is 0 Å². The molecule has 112 valence electrons.